The molecule has 11 heteroatoms. The van der Waals surface area contributed by atoms with Crippen LogP contribution in [0.15, 0.2) is 53.4 Å². The molecule has 1 aliphatic heterocycles. The minimum atomic E-state index is -4.13. The number of sulfonamides is 1. The summed E-state index contributed by atoms with van der Waals surface area (Å²) < 4.78 is 33.9. The Hall–Kier alpha value is -2.99. The summed E-state index contributed by atoms with van der Waals surface area (Å²) in [5.41, 5.74) is 0.993. The topological polar surface area (TPSA) is 137 Å². The summed E-state index contributed by atoms with van der Waals surface area (Å²) in [7, 11) is -0.222. The number of piperidine rings is 1. The number of amides is 1. The van der Waals surface area contributed by atoms with E-state index in [2.05, 4.69) is 15.4 Å². The molecule has 2 aromatic rings. The van der Waals surface area contributed by atoms with E-state index in [-0.39, 0.29) is 17.2 Å². The molecule has 1 heterocycles. The zero-order valence-corrected chi connectivity index (χ0v) is 24.9. The number of benzene rings is 2. The molecular weight excluding hydrogens is 544 g/mol. The molecular formula is C30H44N4O6S. The van der Waals surface area contributed by atoms with Gasteiger partial charge >= 0.3 is 5.97 Å². The maximum atomic E-state index is 12.9. The maximum absolute atomic E-state index is 12.9. The largest absolute Gasteiger partial charge is 0.494 e. The van der Waals surface area contributed by atoms with Gasteiger partial charge in [0.1, 0.15) is 11.8 Å². The lowest BCUT2D eigenvalue weighted by atomic mass is 9.93. The summed E-state index contributed by atoms with van der Waals surface area (Å²) in [5, 5.41) is 15.9. The third-order valence-electron chi connectivity index (χ3n) is 7.19. The number of carbonyl (C=O) groups excluding carboxylic acids is 1. The number of carboxylic acid groups (broad SMARTS) is 1. The van der Waals surface area contributed by atoms with Crippen LogP contribution in [0.5, 0.6) is 5.75 Å². The van der Waals surface area contributed by atoms with Crippen molar-refractivity contribution in [1.82, 2.24) is 20.3 Å². The average Bonchev–Trinajstić information content (AvgIpc) is 2.96. The van der Waals surface area contributed by atoms with Gasteiger partial charge in [0, 0.05) is 12.1 Å². The van der Waals surface area contributed by atoms with Crippen LogP contribution in [0.2, 0.25) is 0 Å². The van der Waals surface area contributed by atoms with Crippen molar-refractivity contribution in [1.29, 1.82) is 0 Å². The fraction of sp³-hybridized carbons (Fsp3) is 0.533. The van der Waals surface area contributed by atoms with E-state index in [1.54, 1.807) is 24.3 Å². The third kappa shape index (κ3) is 11.4. The van der Waals surface area contributed by atoms with Gasteiger partial charge < -0.3 is 25.4 Å². The van der Waals surface area contributed by atoms with Crippen molar-refractivity contribution in [2.24, 2.45) is 5.92 Å². The van der Waals surface area contributed by atoms with Crippen molar-refractivity contribution in [2.45, 2.75) is 55.9 Å². The van der Waals surface area contributed by atoms with Crippen molar-refractivity contribution in [3.8, 4) is 5.75 Å². The highest BCUT2D eigenvalue weighted by molar-refractivity contribution is 7.89. The Morgan fingerprint density at radius 2 is 1.71 bits per heavy atom. The fourth-order valence-corrected chi connectivity index (χ4v) is 5.96. The highest BCUT2D eigenvalue weighted by Crippen LogP contribution is 2.20. The number of carboxylic acids is 1. The number of ether oxygens (including phenoxy) is 1. The normalized spacial score (nSPS) is 15.0. The Kier molecular flexibility index (Phi) is 13.1. The average molecular weight is 589 g/mol. The van der Waals surface area contributed by atoms with E-state index in [9.17, 15) is 23.1 Å². The smallest absolute Gasteiger partial charge is 0.322 e. The molecule has 1 atom stereocenters. The van der Waals surface area contributed by atoms with Gasteiger partial charge in [-0.1, -0.05) is 18.6 Å². The molecule has 41 heavy (non-hydrogen) atoms. The second kappa shape index (κ2) is 16.5. The van der Waals surface area contributed by atoms with Crippen LogP contribution in [-0.2, 0) is 21.2 Å². The van der Waals surface area contributed by atoms with E-state index in [0.29, 0.717) is 30.0 Å². The Balaban J connectivity index is 1.47. The molecule has 1 aliphatic rings. The van der Waals surface area contributed by atoms with Gasteiger partial charge in [-0.15, -0.1) is 0 Å². The number of unbranched alkanes of at least 4 members (excludes halogenated alkanes) is 1. The van der Waals surface area contributed by atoms with Gasteiger partial charge in [0.05, 0.1) is 11.5 Å². The maximum Gasteiger partial charge on any atom is 0.322 e. The van der Waals surface area contributed by atoms with Crippen LogP contribution in [0.1, 0.15) is 54.4 Å². The van der Waals surface area contributed by atoms with Gasteiger partial charge in [0.15, 0.2) is 0 Å². The predicted molar refractivity (Wildman–Crippen MR) is 159 cm³/mol. The molecule has 3 rings (SSSR count). The third-order valence-corrected chi connectivity index (χ3v) is 8.67. The van der Waals surface area contributed by atoms with Crippen molar-refractivity contribution in [3.05, 3.63) is 59.7 Å². The van der Waals surface area contributed by atoms with Crippen LogP contribution >= 0.6 is 0 Å². The van der Waals surface area contributed by atoms with Crippen LogP contribution in [0.3, 0.4) is 0 Å². The Morgan fingerprint density at radius 1 is 1.02 bits per heavy atom. The van der Waals surface area contributed by atoms with Crippen molar-refractivity contribution < 1.29 is 27.9 Å². The molecule has 0 aliphatic carbocycles. The summed E-state index contributed by atoms with van der Waals surface area (Å²) >= 11 is 0. The van der Waals surface area contributed by atoms with Crippen LogP contribution in [0.25, 0.3) is 0 Å². The van der Waals surface area contributed by atoms with Gasteiger partial charge in [0.25, 0.3) is 5.91 Å². The van der Waals surface area contributed by atoms with Crippen LogP contribution in [-0.4, -0.2) is 83.2 Å². The highest BCUT2D eigenvalue weighted by Gasteiger charge is 2.26. The summed E-state index contributed by atoms with van der Waals surface area (Å²) in [6.45, 7) is 4.19. The lowest BCUT2D eigenvalue weighted by molar-refractivity contribution is -0.138. The Labute approximate surface area is 243 Å². The number of aliphatic carboxylic acids is 1. The van der Waals surface area contributed by atoms with E-state index >= 15 is 0 Å². The summed E-state index contributed by atoms with van der Waals surface area (Å²) in [6, 6.07) is 11.1. The molecule has 1 saturated heterocycles. The monoisotopic (exact) mass is 588 g/mol. The van der Waals surface area contributed by atoms with Gasteiger partial charge in [-0.3, -0.25) is 9.59 Å². The summed E-state index contributed by atoms with van der Waals surface area (Å²) in [5.74, 6) is -0.0704. The lowest BCUT2D eigenvalue weighted by Gasteiger charge is -2.22. The molecule has 226 valence electrons. The number of nitrogens with zero attached hydrogens (tertiary/aromatic N) is 1. The number of rotatable bonds is 17. The van der Waals surface area contributed by atoms with E-state index in [1.165, 1.54) is 43.5 Å². The highest BCUT2D eigenvalue weighted by atomic mass is 32.2. The Bertz CT molecular complexity index is 1200. The molecule has 0 saturated carbocycles. The van der Waals surface area contributed by atoms with Crippen LogP contribution in [0.4, 0.5) is 0 Å². The number of hydrogen-bond acceptors (Lipinski definition) is 7. The van der Waals surface area contributed by atoms with E-state index in [1.807, 2.05) is 19.0 Å². The minimum Gasteiger partial charge on any atom is -0.494 e. The Morgan fingerprint density at radius 3 is 2.34 bits per heavy atom. The molecule has 0 bridgehead atoms. The first-order chi connectivity index (χ1) is 19.6. The second-order valence-electron chi connectivity index (χ2n) is 10.8. The van der Waals surface area contributed by atoms with Crippen molar-refractivity contribution in [3.63, 3.8) is 0 Å². The number of nitrogens with one attached hydrogen (secondary N) is 3. The van der Waals surface area contributed by atoms with Gasteiger partial charge in [-0.25, -0.2) is 8.42 Å². The zero-order chi connectivity index (χ0) is 29.7. The molecule has 0 unspecified atom stereocenters. The summed E-state index contributed by atoms with van der Waals surface area (Å²) in [4.78, 5) is 26.1. The molecule has 0 radical (unpaired) electrons. The number of hydrogen-bond donors (Lipinski definition) is 4. The van der Waals surface area contributed by atoms with Crippen molar-refractivity contribution in [2.75, 3.05) is 46.9 Å². The molecule has 0 aromatic heterocycles. The molecule has 1 amide bonds. The molecule has 2 aromatic carbocycles. The molecule has 0 spiro atoms. The zero-order valence-electron chi connectivity index (χ0n) is 24.1. The van der Waals surface area contributed by atoms with E-state index < -0.39 is 22.0 Å². The second-order valence-corrected chi connectivity index (χ2v) is 12.5. The van der Waals surface area contributed by atoms with Gasteiger partial charge in [-0.2, -0.15) is 4.72 Å². The van der Waals surface area contributed by atoms with Crippen LogP contribution < -0.4 is 20.1 Å². The standard InChI is InChI=1S/C30H44N4O6S/c1-34(2)20-5-17-32-29(35)25-9-13-27(14-10-25)41(38,39)33-28(30(36)37)22-24-7-11-26(12-8-24)40-21-4-3-6-23-15-18-31-19-16-23/h7-14,23,28,31,33H,3-6,15-22H2,1-2H3,(H,32,35)(H,36,37)/t28-/m0/s1. The molecule has 1 fully saturated rings. The van der Waals surface area contributed by atoms with Crippen LogP contribution in [0, 0.1) is 5.92 Å². The minimum absolute atomic E-state index is 0.0292. The predicted octanol–water partition coefficient (Wildman–Crippen LogP) is 2.89. The lowest BCUT2D eigenvalue weighted by Crippen LogP contribution is -2.42. The summed E-state index contributed by atoms with van der Waals surface area (Å²) in [6.07, 6.45) is 6.61. The molecule has 4 N–H and O–H groups in total. The SMILES string of the molecule is CN(C)CCCNC(=O)c1ccc(S(=O)(=O)N[C@@H](Cc2ccc(OCCCCC3CCNCC3)cc2)C(=O)O)cc1. The first kappa shape index (κ1) is 32.5. The first-order valence-corrected chi connectivity index (χ1v) is 15.8. The fourth-order valence-electron chi connectivity index (χ4n) is 4.77. The number of carbonyl (C=O) groups is 2. The van der Waals surface area contributed by atoms with Gasteiger partial charge in [0.2, 0.25) is 10.0 Å². The van der Waals surface area contributed by atoms with E-state index in [4.69, 9.17) is 4.74 Å². The first-order valence-electron chi connectivity index (χ1n) is 14.3. The van der Waals surface area contributed by atoms with E-state index in [0.717, 1.165) is 44.8 Å². The molecule has 10 nitrogen and oxygen atoms in total. The van der Waals surface area contributed by atoms with Crippen molar-refractivity contribution >= 4 is 21.9 Å². The quantitative estimate of drug-likeness (QED) is 0.207. The van der Waals surface area contributed by atoms with Gasteiger partial charge in [-0.05, 0) is 120 Å².